The zero-order chi connectivity index (χ0) is 14.5. The van der Waals surface area contributed by atoms with E-state index >= 15 is 0 Å². The molecule has 1 heterocycles. The van der Waals surface area contributed by atoms with Gasteiger partial charge >= 0.3 is 5.97 Å². The van der Waals surface area contributed by atoms with Crippen molar-refractivity contribution in [1.82, 2.24) is 0 Å². The number of ether oxygens (including phenoxy) is 1. The van der Waals surface area contributed by atoms with Gasteiger partial charge in [-0.1, -0.05) is 36.4 Å². The molecule has 0 N–H and O–H groups in total. The third-order valence-electron chi connectivity index (χ3n) is 3.35. The highest BCUT2D eigenvalue weighted by Crippen LogP contribution is 2.16. The molecule has 0 radical (unpaired) electrons. The first-order valence-corrected chi connectivity index (χ1v) is 6.93. The fraction of sp³-hybridized carbons (Fsp3) is 0.111. The van der Waals surface area contributed by atoms with Crippen LogP contribution in [0.3, 0.4) is 0 Å². The van der Waals surface area contributed by atoms with E-state index in [0.717, 1.165) is 10.8 Å². The standard InChI is InChI=1S/C18H16NO2/c20-18(21-13-12-19-10-4-1-5-11-19)17-9-8-15-6-2-3-7-16(15)14-17/h1-11,14H,12-13H2/q+1. The van der Waals surface area contributed by atoms with Gasteiger partial charge in [0.2, 0.25) is 0 Å². The van der Waals surface area contributed by atoms with Crippen molar-refractivity contribution in [3.05, 3.63) is 78.6 Å². The molecular weight excluding hydrogens is 262 g/mol. The summed E-state index contributed by atoms with van der Waals surface area (Å²) in [7, 11) is 0. The predicted molar refractivity (Wildman–Crippen MR) is 80.9 cm³/mol. The summed E-state index contributed by atoms with van der Waals surface area (Å²) in [4.78, 5) is 12.0. The van der Waals surface area contributed by atoms with Gasteiger partial charge in [-0.2, -0.15) is 0 Å². The molecule has 0 fully saturated rings. The highest BCUT2D eigenvalue weighted by atomic mass is 16.5. The van der Waals surface area contributed by atoms with Crippen molar-refractivity contribution < 1.29 is 14.1 Å². The van der Waals surface area contributed by atoms with E-state index in [1.54, 1.807) is 6.07 Å². The van der Waals surface area contributed by atoms with Crippen molar-refractivity contribution in [3.8, 4) is 0 Å². The van der Waals surface area contributed by atoms with E-state index < -0.39 is 0 Å². The summed E-state index contributed by atoms with van der Waals surface area (Å²) >= 11 is 0. The summed E-state index contributed by atoms with van der Waals surface area (Å²) in [5.41, 5.74) is 0.590. The van der Waals surface area contributed by atoms with Gasteiger partial charge < -0.3 is 4.74 Å². The normalized spacial score (nSPS) is 10.5. The molecule has 0 aliphatic rings. The smallest absolute Gasteiger partial charge is 0.338 e. The zero-order valence-corrected chi connectivity index (χ0v) is 11.6. The lowest BCUT2D eigenvalue weighted by atomic mass is 10.1. The Morgan fingerprint density at radius 3 is 2.48 bits per heavy atom. The molecule has 0 aliphatic carbocycles. The van der Waals surface area contributed by atoms with Crippen LogP contribution in [0.15, 0.2) is 73.1 Å². The first-order valence-electron chi connectivity index (χ1n) is 6.93. The zero-order valence-electron chi connectivity index (χ0n) is 11.6. The van der Waals surface area contributed by atoms with Crippen molar-refractivity contribution in [2.75, 3.05) is 6.61 Å². The number of fused-ring (bicyclic) bond motifs is 1. The third kappa shape index (κ3) is 3.26. The van der Waals surface area contributed by atoms with Crippen molar-refractivity contribution in [2.24, 2.45) is 0 Å². The van der Waals surface area contributed by atoms with E-state index in [-0.39, 0.29) is 5.97 Å². The number of rotatable bonds is 4. The highest BCUT2D eigenvalue weighted by Gasteiger charge is 2.09. The molecule has 2 aromatic carbocycles. The number of benzene rings is 2. The average Bonchev–Trinajstić information content (AvgIpc) is 2.55. The Bertz CT molecular complexity index is 753. The Morgan fingerprint density at radius 2 is 1.67 bits per heavy atom. The second kappa shape index (κ2) is 6.18. The molecule has 0 amide bonds. The number of hydrogen-bond donors (Lipinski definition) is 0. The van der Waals surface area contributed by atoms with E-state index in [4.69, 9.17) is 4.74 Å². The number of nitrogens with zero attached hydrogens (tertiary/aromatic N) is 1. The second-order valence-corrected chi connectivity index (χ2v) is 4.81. The van der Waals surface area contributed by atoms with Crippen LogP contribution < -0.4 is 4.57 Å². The van der Waals surface area contributed by atoms with E-state index in [9.17, 15) is 4.79 Å². The van der Waals surface area contributed by atoms with Crippen LogP contribution >= 0.6 is 0 Å². The van der Waals surface area contributed by atoms with Crippen LogP contribution in [-0.4, -0.2) is 12.6 Å². The maximum Gasteiger partial charge on any atom is 0.338 e. The van der Waals surface area contributed by atoms with E-state index in [1.807, 2.05) is 71.6 Å². The van der Waals surface area contributed by atoms with Gasteiger partial charge in [-0.3, -0.25) is 0 Å². The number of carbonyl (C=O) groups is 1. The minimum absolute atomic E-state index is 0.280. The third-order valence-corrected chi connectivity index (χ3v) is 3.35. The van der Waals surface area contributed by atoms with E-state index in [2.05, 4.69) is 0 Å². The summed E-state index contributed by atoms with van der Waals surface area (Å²) in [6, 6.07) is 19.4. The Kier molecular flexibility index (Phi) is 3.92. The monoisotopic (exact) mass is 278 g/mol. The van der Waals surface area contributed by atoms with Crippen LogP contribution in [0, 0.1) is 0 Å². The van der Waals surface area contributed by atoms with Gasteiger partial charge in [-0.25, -0.2) is 9.36 Å². The summed E-state index contributed by atoms with van der Waals surface area (Å²) in [5.74, 6) is -0.280. The number of carbonyl (C=O) groups excluding carboxylic acids is 1. The molecule has 3 rings (SSSR count). The topological polar surface area (TPSA) is 30.2 Å². The maximum atomic E-state index is 12.0. The summed E-state index contributed by atoms with van der Waals surface area (Å²) < 4.78 is 7.30. The fourth-order valence-corrected chi connectivity index (χ4v) is 2.23. The van der Waals surface area contributed by atoms with Crippen molar-refractivity contribution in [1.29, 1.82) is 0 Å². The van der Waals surface area contributed by atoms with E-state index in [1.165, 1.54) is 0 Å². The molecule has 0 bridgehead atoms. The van der Waals surface area contributed by atoms with Gasteiger partial charge in [0.05, 0.1) is 5.56 Å². The lowest BCUT2D eigenvalue weighted by Gasteiger charge is -2.04. The average molecular weight is 278 g/mol. The molecule has 0 aliphatic heterocycles. The summed E-state index contributed by atoms with van der Waals surface area (Å²) in [6.45, 7) is 1.01. The fourth-order valence-electron chi connectivity index (χ4n) is 2.23. The molecule has 0 atom stereocenters. The molecule has 0 saturated carbocycles. The van der Waals surface area contributed by atoms with Crippen LogP contribution in [0.5, 0.6) is 0 Å². The molecule has 21 heavy (non-hydrogen) atoms. The van der Waals surface area contributed by atoms with Gasteiger partial charge in [-0.15, -0.1) is 0 Å². The minimum atomic E-state index is -0.280. The lowest BCUT2D eigenvalue weighted by molar-refractivity contribution is -0.697. The number of hydrogen-bond acceptors (Lipinski definition) is 2. The quantitative estimate of drug-likeness (QED) is 0.542. The van der Waals surface area contributed by atoms with Gasteiger partial charge in [-0.05, 0) is 22.9 Å². The predicted octanol–water partition coefficient (Wildman–Crippen LogP) is 2.98. The SMILES string of the molecule is O=C(OCC[n+]1ccccc1)c1ccc2ccccc2c1. The van der Waals surface area contributed by atoms with Crippen molar-refractivity contribution in [3.63, 3.8) is 0 Å². The largest absolute Gasteiger partial charge is 0.455 e. The van der Waals surface area contributed by atoms with Crippen molar-refractivity contribution >= 4 is 16.7 Å². The Morgan fingerprint density at radius 1 is 0.905 bits per heavy atom. The number of pyridine rings is 1. The summed E-state index contributed by atoms with van der Waals surface area (Å²) in [5, 5.41) is 2.17. The van der Waals surface area contributed by atoms with Crippen LogP contribution in [0.1, 0.15) is 10.4 Å². The maximum absolute atomic E-state index is 12.0. The molecule has 0 saturated heterocycles. The lowest BCUT2D eigenvalue weighted by Crippen LogP contribution is -2.35. The molecule has 3 aromatic rings. The van der Waals surface area contributed by atoms with Gasteiger partial charge in [0.1, 0.15) is 0 Å². The van der Waals surface area contributed by atoms with Gasteiger partial charge in [0, 0.05) is 12.1 Å². The number of esters is 1. The molecule has 3 heteroatoms. The van der Waals surface area contributed by atoms with Gasteiger partial charge in [0.25, 0.3) is 0 Å². The number of aromatic nitrogens is 1. The Hall–Kier alpha value is -2.68. The molecule has 0 spiro atoms. The van der Waals surface area contributed by atoms with Gasteiger partial charge in [0.15, 0.2) is 25.5 Å². The molecule has 0 unspecified atom stereocenters. The molecule has 3 nitrogen and oxygen atoms in total. The molecule has 1 aromatic heterocycles. The molecule has 104 valence electrons. The van der Waals surface area contributed by atoms with Crippen LogP contribution in [0.2, 0.25) is 0 Å². The first kappa shape index (κ1) is 13.3. The van der Waals surface area contributed by atoms with Crippen LogP contribution in [0.4, 0.5) is 0 Å². The van der Waals surface area contributed by atoms with Crippen molar-refractivity contribution in [2.45, 2.75) is 6.54 Å². The highest BCUT2D eigenvalue weighted by molar-refractivity contribution is 5.95. The Labute approximate surface area is 123 Å². The Balaban J connectivity index is 1.64. The van der Waals surface area contributed by atoms with Crippen LogP contribution in [0.25, 0.3) is 10.8 Å². The minimum Gasteiger partial charge on any atom is -0.455 e. The van der Waals surface area contributed by atoms with Crippen LogP contribution in [-0.2, 0) is 11.3 Å². The molecular formula is C18H16NO2+. The first-order chi connectivity index (χ1) is 10.3. The second-order valence-electron chi connectivity index (χ2n) is 4.81. The summed E-state index contributed by atoms with van der Waals surface area (Å²) in [6.07, 6.45) is 3.90. The van der Waals surface area contributed by atoms with E-state index in [0.29, 0.717) is 18.7 Å².